The molecule has 0 spiro atoms. The lowest BCUT2D eigenvalue weighted by Gasteiger charge is -2.54. The standard InChI is InChI=1S/C22H29N2.BF4/c1-15-6-16(2)21(17(3)7-15)23-4-5-24(14-23)22-11-18-8-19(12-22)10-20(9-18)13-22;2-1(3,4)5/h4-7,14,18-20H,8-13H2,1-3H3;/q+1;-1. The molecule has 4 fully saturated rings. The minimum absolute atomic E-state index is 0.423. The fraction of sp³-hybridized carbons (Fsp3) is 0.591. The van der Waals surface area contributed by atoms with E-state index in [0.29, 0.717) is 5.54 Å². The predicted octanol–water partition coefficient (Wildman–Crippen LogP) is 5.92. The van der Waals surface area contributed by atoms with Crippen LogP contribution in [-0.4, -0.2) is 11.8 Å². The summed E-state index contributed by atoms with van der Waals surface area (Å²) >= 11 is 0. The normalized spacial score (nSPS) is 30.2. The Morgan fingerprint density at radius 3 is 1.79 bits per heavy atom. The summed E-state index contributed by atoms with van der Waals surface area (Å²) in [6.07, 6.45) is 15.8. The SMILES string of the molecule is Cc1cc(C)c(-n2cc[n+](C34CC5CC(CC(C5)C3)C4)c2)c(C)c1.F[B-](F)(F)F. The first-order valence-corrected chi connectivity index (χ1v) is 10.6. The van der Waals surface area contributed by atoms with Gasteiger partial charge in [-0.25, -0.2) is 9.13 Å². The van der Waals surface area contributed by atoms with Gasteiger partial charge in [-0.05, 0) is 88.2 Å². The number of aryl methyl sites for hydroxylation is 3. The van der Waals surface area contributed by atoms with Crippen molar-refractivity contribution in [3.8, 4) is 5.69 Å². The fourth-order valence-corrected chi connectivity index (χ4v) is 6.73. The molecule has 1 aromatic heterocycles. The monoisotopic (exact) mass is 408 g/mol. The van der Waals surface area contributed by atoms with Gasteiger partial charge in [-0.3, -0.25) is 0 Å². The van der Waals surface area contributed by atoms with Gasteiger partial charge in [0.25, 0.3) is 0 Å². The van der Waals surface area contributed by atoms with Gasteiger partial charge in [0.2, 0.25) is 6.33 Å². The van der Waals surface area contributed by atoms with Crippen molar-refractivity contribution >= 4 is 7.25 Å². The van der Waals surface area contributed by atoms with Gasteiger partial charge in [0.15, 0.2) is 0 Å². The fourth-order valence-electron chi connectivity index (χ4n) is 6.73. The molecular weight excluding hydrogens is 379 g/mol. The van der Waals surface area contributed by atoms with E-state index in [1.807, 2.05) is 0 Å². The lowest BCUT2D eigenvalue weighted by Crippen LogP contribution is -2.64. The molecule has 7 heteroatoms. The van der Waals surface area contributed by atoms with Crippen LogP contribution in [0.15, 0.2) is 30.9 Å². The Hall–Kier alpha value is -1.79. The Morgan fingerprint density at radius 1 is 0.897 bits per heavy atom. The molecule has 4 aliphatic rings. The van der Waals surface area contributed by atoms with Gasteiger partial charge in [0.05, 0.1) is 0 Å². The Balaban J connectivity index is 0.000000369. The Kier molecular flexibility index (Phi) is 5.06. The molecule has 0 atom stereocenters. The van der Waals surface area contributed by atoms with Crippen molar-refractivity contribution in [1.82, 2.24) is 4.57 Å². The van der Waals surface area contributed by atoms with E-state index in [0.717, 1.165) is 17.8 Å². The largest absolute Gasteiger partial charge is 0.673 e. The maximum absolute atomic E-state index is 9.75. The summed E-state index contributed by atoms with van der Waals surface area (Å²) in [7, 11) is -6.00. The third kappa shape index (κ3) is 4.24. The molecule has 0 amide bonds. The van der Waals surface area contributed by atoms with E-state index in [4.69, 9.17) is 0 Å². The quantitative estimate of drug-likeness (QED) is 0.332. The van der Waals surface area contributed by atoms with Crippen LogP contribution in [0.2, 0.25) is 0 Å². The molecule has 29 heavy (non-hydrogen) atoms. The van der Waals surface area contributed by atoms with E-state index in [1.54, 1.807) is 0 Å². The highest BCUT2D eigenvalue weighted by molar-refractivity contribution is 6.50. The third-order valence-corrected chi connectivity index (χ3v) is 7.08. The molecule has 4 bridgehead atoms. The van der Waals surface area contributed by atoms with Gasteiger partial charge in [-0.1, -0.05) is 17.7 Å². The lowest BCUT2D eigenvalue weighted by atomic mass is 9.53. The maximum Gasteiger partial charge on any atom is 0.673 e. The van der Waals surface area contributed by atoms with Crippen LogP contribution in [0.1, 0.15) is 55.2 Å². The summed E-state index contributed by atoms with van der Waals surface area (Å²) in [5, 5.41) is 0. The lowest BCUT2D eigenvalue weighted by molar-refractivity contribution is -0.776. The molecule has 1 heterocycles. The molecule has 158 valence electrons. The zero-order valence-electron chi connectivity index (χ0n) is 17.3. The Bertz CT molecular complexity index is 838. The molecule has 0 N–H and O–H groups in total. The number of hydrogen-bond donors (Lipinski definition) is 0. The molecule has 2 aromatic rings. The van der Waals surface area contributed by atoms with Crippen molar-refractivity contribution in [2.24, 2.45) is 17.8 Å². The smallest absolute Gasteiger partial charge is 0.418 e. The third-order valence-electron chi connectivity index (χ3n) is 7.08. The molecule has 2 nitrogen and oxygen atoms in total. The first-order valence-electron chi connectivity index (χ1n) is 10.6. The van der Waals surface area contributed by atoms with Crippen molar-refractivity contribution in [2.45, 2.75) is 64.8 Å². The van der Waals surface area contributed by atoms with E-state index < -0.39 is 7.25 Å². The summed E-state index contributed by atoms with van der Waals surface area (Å²) in [5.41, 5.74) is 5.90. The van der Waals surface area contributed by atoms with Crippen LogP contribution in [0.25, 0.3) is 5.69 Å². The second-order valence-corrected chi connectivity index (χ2v) is 9.61. The molecule has 0 saturated heterocycles. The number of benzene rings is 1. The predicted molar refractivity (Wildman–Crippen MR) is 107 cm³/mol. The van der Waals surface area contributed by atoms with Crippen molar-refractivity contribution in [3.05, 3.63) is 47.5 Å². The molecule has 4 saturated carbocycles. The molecule has 0 radical (unpaired) electrons. The second-order valence-electron chi connectivity index (χ2n) is 9.61. The van der Waals surface area contributed by atoms with Crippen LogP contribution in [0.4, 0.5) is 17.3 Å². The van der Waals surface area contributed by atoms with Gasteiger partial charge in [-0.2, -0.15) is 0 Å². The van der Waals surface area contributed by atoms with Crippen molar-refractivity contribution in [2.75, 3.05) is 0 Å². The van der Waals surface area contributed by atoms with Crippen LogP contribution in [0, 0.1) is 38.5 Å². The van der Waals surface area contributed by atoms with Gasteiger partial charge in [-0.15, -0.1) is 0 Å². The van der Waals surface area contributed by atoms with Crippen LogP contribution in [-0.2, 0) is 5.54 Å². The zero-order chi connectivity index (χ0) is 21.0. The number of aromatic nitrogens is 2. The number of hydrogen-bond acceptors (Lipinski definition) is 0. The molecule has 6 rings (SSSR count). The van der Waals surface area contributed by atoms with Crippen LogP contribution < -0.4 is 4.57 Å². The summed E-state index contributed by atoms with van der Waals surface area (Å²) in [6, 6.07) is 4.61. The van der Waals surface area contributed by atoms with Crippen molar-refractivity contribution in [1.29, 1.82) is 0 Å². The van der Waals surface area contributed by atoms with E-state index in [2.05, 4.69) is 60.8 Å². The summed E-state index contributed by atoms with van der Waals surface area (Å²) in [5.74, 6) is 2.99. The molecule has 4 aliphatic carbocycles. The van der Waals surface area contributed by atoms with E-state index in [1.165, 1.54) is 60.9 Å². The first-order chi connectivity index (χ1) is 13.5. The first kappa shape index (κ1) is 20.5. The van der Waals surface area contributed by atoms with Crippen molar-refractivity contribution in [3.63, 3.8) is 0 Å². The Labute approximate surface area is 170 Å². The molecule has 0 unspecified atom stereocenters. The molecular formula is C22H29BF4N2. The van der Waals surface area contributed by atoms with Crippen LogP contribution in [0.5, 0.6) is 0 Å². The van der Waals surface area contributed by atoms with Gasteiger partial charge in [0.1, 0.15) is 23.6 Å². The minimum atomic E-state index is -6.00. The average molecular weight is 408 g/mol. The number of halogens is 4. The van der Waals surface area contributed by atoms with Crippen molar-refractivity contribution < 1.29 is 21.8 Å². The number of imidazole rings is 1. The van der Waals surface area contributed by atoms with E-state index in [9.17, 15) is 17.3 Å². The van der Waals surface area contributed by atoms with Crippen LogP contribution >= 0.6 is 0 Å². The van der Waals surface area contributed by atoms with E-state index >= 15 is 0 Å². The second kappa shape index (κ2) is 7.17. The topological polar surface area (TPSA) is 8.81 Å². The maximum atomic E-state index is 9.75. The molecule has 0 aliphatic heterocycles. The zero-order valence-corrected chi connectivity index (χ0v) is 17.3. The van der Waals surface area contributed by atoms with Gasteiger partial charge in [0, 0.05) is 0 Å². The minimum Gasteiger partial charge on any atom is -0.418 e. The molecule has 1 aromatic carbocycles. The van der Waals surface area contributed by atoms with Gasteiger partial charge < -0.3 is 17.3 Å². The number of nitrogens with zero attached hydrogens (tertiary/aromatic N) is 2. The summed E-state index contributed by atoms with van der Waals surface area (Å²) in [4.78, 5) is 0. The highest BCUT2D eigenvalue weighted by Gasteiger charge is 2.54. The summed E-state index contributed by atoms with van der Waals surface area (Å²) in [6.45, 7) is 6.67. The number of rotatable bonds is 2. The highest BCUT2D eigenvalue weighted by atomic mass is 19.5. The van der Waals surface area contributed by atoms with Crippen LogP contribution in [0.3, 0.4) is 0 Å². The van der Waals surface area contributed by atoms with E-state index in [-0.39, 0.29) is 0 Å². The van der Waals surface area contributed by atoms with Gasteiger partial charge >= 0.3 is 7.25 Å². The average Bonchev–Trinajstić information content (AvgIpc) is 3.01. The Morgan fingerprint density at radius 2 is 1.34 bits per heavy atom. The highest BCUT2D eigenvalue weighted by Crippen LogP contribution is 2.56. The summed E-state index contributed by atoms with van der Waals surface area (Å²) < 4.78 is 44.0.